The summed E-state index contributed by atoms with van der Waals surface area (Å²) in [6, 6.07) is 5.54. The molecule has 1 aliphatic rings. The Morgan fingerprint density at radius 3 is 2.64 bits per heavy atom. The number of piperazine rings is 1. The number of halogens is 1. The summed E-state index contributed by atoms with van der Waals surface area (Å²) in [6.07, 6.45) is 2.35. The van der Waals surface area contributed by atoms with E-state index in [1.54, 1.807) is 12.3 Å². The summed E-state index contributed by atoms with van der Waals surface area (Å²) in [5.74, 6) is 0.433. The van der Waals surface area contributed by atoms with Crippen LogP contribution in [0.2, 0.25) is 5.15 Å². The van der Waals surface area contributed by atoms with Crippen molar-refractivity contribution in [2.24, 2.45) is 0 Å². The number of nitrogen functional groups attached to an aromatic ring is 1. The molecular weight excluding hydrogens is 344 g/mol. The Hall–Kier alpha value is -2.61. The number of carboxylic acids is 1. The normalized spacial score (nSPS) is 14.6. The standard InChI is InChI=1S/C16H19ClN6O2/c17-13-10-12(16(18)21-20-13)22-5-7-23(8-6-22)14-9-11(3-4-19-14)1-2-15(24)25/h3-4,9-10H,1-2,5-8H2,(H2,18,21)(H,24,25). The molecule has 25 heavy (non-hydrogen) atoms. The molecule has 1 saturated heterocycles. The number of aliphatic carboxylic acids is 1. The van der Waals surface area contributed by atoms with Crippen molar-refractivity contribution in [3.05, 3.63) is 35.1 Å². The minimum absolute atomic E-state index is 0.117. The molecule has 1 aliphatic heterocycles. The molecule has 132 valence electrons. The molecule has 3 N–H and O–H groups in total. The lowest BCUT2D eigenvalue weighted by Crippen LogP contribution is -2.47. The number of rotatable bonds is 5. The Bertz CT molecular complexity index is 764. The zero-order chi connectivity index (χ0) is 17.8. The highest BCUT2D eigenvalue weighted by Crippen LogP contribution is 2.25. The van der Waals surface area contributed by atoms with Crippen LogP contribution < -0.4 is 15.5 Å². The van der Waals surface area contributed by atoms with E-state index in [0.717, 1.165) is 43.2 Å². The lowest BCUT2D eigenvalue weighted by Gasteiger charge is -2.37. The average Bonchev–Trinajstić information content (AvgIpc) is 2.62. The lowest BCUT2D eigenvalue weighted by molar-refractivity contribution is -0.136. The van der Waals surface area contributed by atoms with Crippen molar-refractivity contribution in [1.82, 2.24) is 15.2 Å². The van der Waals surface area contributed by atoms with E-state index in [2.05, 4.69) is 25.0 Å². The summed E-state index contributed by atoms with van der Waals surface area (Å²) in [5, 5.41) is 16.7. The van der Waals surface area contributed by atoms with E-state index in [1.165, 1.54) is 0 Å². The van der Waals surface area contributed by atoms with Gasteiger partial charge in [0, 0.05) is 44.9 Å². The molecule has 2 aromatic rings. The molecule has 1 fully saturated rings. The second kappa shape index (κ2) is 7.52. The Morgan fingerprint density at radius 2 is 1.92 bits per heavy atom. The molecule has 0 unspecified atom stereocenters. The molecule has 8 nitrogen and oxygen atoms in total. The third-order valence-corrected chi connectivity index (χ3v) is 4.34. The first kappa shape index (κ1) is 17.2. The van der Waals surface area contributed by atoms with Crippen LogP contribution in [0.15, 0.2) is 24.4 Å². The first-order valence-electron chi connectivity index (χ1n) is 7.98. The average molecular weight is 363 g/mol. The summed E-state index contributed by atoms with van der Waals surface area (Å²) in [7, 11) is 0. The van der Waals surface area contributed by atoms with Crippen LogP contribution in [-0.4, -0.2) is 52.4 Å². The van der Waals surface area contributed by atoms with Crippen LogP contribution in [0.25, 0.3) is 0 Å². The molecule has 9 heteroatoms. The van der Waals surface area contributed by atoms with Crippen molar-refractivity contribution < 1.29 is 9.90 Å². The number of nitrogens with two attached hydrogens (primary N) is 1. The lowest BCUT2D eigenvalue weighted by atomic mass is 10.1. The molecule has 2 aromatic heterocycles. The summed E-state index contributed by atoms with van der Waals surface area (Å²) in [4.78, 5) is 19.4. The van der Waals surface area contributed by atoms with Gasteiger partial charge in [0.1, 0.15) is 5.82 Å². The first-order valence-corrected chi connectivity index (χ1v) is 8.36. The zero-order valence-electron chi connectivity index (χ0n) is 13.6. The van der Waals surface area contributed by atoms with Gasteiger partial charge in [-0.25, -0.2) is 4.98 Å². The Morgan fingerprint density at radius 1 is 1.20 bits per heavy atom. The van der Waals surface area contributed by atoms with Gasteiger partial charge in [-0.3, -0.25) is 4.79 Å². The van der Waals surface area contributed by atoms with Gasteiger partial charge in [-0.15, -0.1) is 10.2 Å². The van der Waals surface area contributed by atoms with Gasteiger partial charge in [0.05, 0.1) is 5.69 Å². The summed E-state index contributed by atoms with van der Waals surface area (Å²) < 4.78 is 0. The maximum Gasteiger partial charge on any atom is 0.303 e. The third kappa shape index (κ3) is 4.27. The number of nitrogens with zero attached hydrogens (tertiary/aromatic N) is 5. The highest BCUT2D eigenvalue weighted by Gasteiger charge is 2.21. The van der Waals surface area contributed by atoms with E-state index in [0.29, 0.717) is 17.4 Å². The highest BCUT2D eigenvalue weighted by molar-refractivity contribution is 6.29. The fraction of sp³-hybridized carbons (Fsp3) is 0.375. The minimum atomic E-state index is -0.797. The second-order valence-corrected chi connectivity index (χ2v) is 6.21. The molecule has 0 atom stereocenters. The van der Waals surface area contributed by atoms with E-state index >= 15 is 0 Å². The first-order chi connectivity index (χ1) is 12.0. The third-order valence-electron chi connectivity index (χ3n) is 4.15. The molecular formula is C16H19ClN6O2. The summed E-state index contributed by atoms with van der Waals surface area (Å²) in [6.45, 7) is 3.06. The highest BCUT2D eigenvalue weighted by atomic mass is 35.5. The number of hydrogen-bond acceptors (Lipinski definition) is 7. The maximum atomic E-state index is 10.7. The fourth-order valence-electron chi connectivity index (χ4n) is 2.84. The zero-order valence-corrected chi connectivity index (χ0v) is 14.4. The van der Waals surface area contributed by atoms with Crippen LogP contribution in [-0.2, 0) is 11.2 Å². The number of aromatic nitrogens is 3. The summed E-state index contributed by atoms with van der Waals surface area (Å²) in [5.41, 5.74) is 7.67. The van der Waals surface area contributed by atoms with Crippen LogP contribution in [0, 0.1) is 0 Å². The van der Waals surface area contributed by atoms with E-state index in [4.69, 9.17) is 22.4 Å². The fourth-order valence-corrected chi connectivity index (χ4v) is 2.98. The van der Waals surface area contributed by atoms with Crippen LogP contribution in [0.1, 0.15) is 12.0 Å². The Kier molecular flexibility index (Phi) is 5.18. The number of aryl methyl sites for hydroxylation is 1. The van der Waals surface area contributed by atoms with Crippen molar-refractivity contribution in [2.45, 2.75) is 12.8 Å². The van der Waals surface area contributed by atoms with E-state index in [-0.39, 0.29) is 6.42 Å². The van der Waals surface area contributed by atoms with E-state index in [9.17, 15) is 4.79 Å². The SMILES string of the molecule is Nc1nnc(Cl)cc1N1CCN(c2cc(CCC(=O)O)ccn2)CC1. The van der Waals surface area contributed by atoms with Gasteiger partial charge >= 0.3 is 5.97 Å². The quantitative estimate of drug-likeness (QED) is 0.822. The molecule has 0 amide bonds. The van der Waals surface area contributed by atoms with Crippen molar-refractivity contribution in [1.29, 1.82) is 0 Å². The van der Waals surface area contributed by atoms with Crippen LogP contribution in [0.3, 0.4) is 0 Å². The van der Waals surface area contributed by atoms with Crippen molar-refractivity contribution in [3.8, 4) is 0 Å². The Labute approximate surface area is 150 Å². The van der Waals surface area contributed by atoms with Gasteiger partial charge in [0.25, 0.3) is 0 Å². The van der Waals surface area contributed by atoms with Crippen LogP contribution >= 0.6 is 11.6 Å². The summed E-state index contributed by atoms with van der Waals surface area (Å²) >= 11 is 5.91. The number of carbonyl (C=O) groups is 1. The van der Waals surface area contributed by atoms with Gasteiger partial charge in [0.2, 0.25) is 0 Å². The number of carboxylic acid groups (broad SMARTS) is 1. The molecule has 0 bridgehead atoms. The monoisotopic (exact) mass is 362 g/mol. The predicted octanol–water partition coefficient (Wildman–Crippen LogP) is 1.45. The van der Waals surface area contributed by atoms with Crippen molar-refractivity contribution in [2.75, 3.05) is 41.7 Å². The molecule has 3 rings (SSSR count). The van der Waals surface area contributed by atoms with Gasteiger partial charge in [-0.2, -0.15) is 0 Å². The number of anilines is 3. The van der Waals surface area contributed by atoms with E-state index in [1.807, 2.05) is 12.1 Å². The molecule has 0 radical (unpaired) electrons. The van der Waals surface area contributed by atoms with Gasteiger partial charge in [-0.05, 0) is 24.1 Å². The smallest absolute Gasteiger partial charge is 0.303 e. The molecule has 3 heterocycles. The Balaban J connectivity index is 1.65. The van der Waals surface area contributed by atoms with Crippen LogP contribution in [0.4, 0.5) is 17.3 Å². The predicted molar refractivity (Wildman–Crippen MR) is 96.1 cm³/mol. The van der Waals surface area contributed by atoms with Gasteiger partial charge in [0.15, 0.2) is 11.0 Å². The number of pyridine rings is 1. The minimum Gasteiger partial charge on any atom is -0.481 e. The molecule has 0 aliphatic carbocycles. The molecule has 0 spiro atoms. The van der Waals surface area contributed by atoms with E-state index < -0.39 is 5.97 Å². The largest absolute Gasteiger partial charge is 0.481 e. The van der Waals surface area contributed by atoms with Crippen molar-refractivity contribution >= 4 is 34.9 Å². The van der Waals surface area contributed by atoms with Crippen molar-refractivity contribution in [3.63, 3.8) is 0 Å². The van der Waals surface area contributed by atoms with Gasteiger partial charge in [-0.1, -0.05) is 11.6 Å². The molecule has 0 aromatic carbocycles. The second-order valence-electron chi connectivity index (χ2n) is 5.83. The number of hydrogen-bond donors (Lipinski definition) is 2. The molecule has 0 saturated carbocycles. The van der Waals surface area contributed by atoms with Crippen LogP contribution in [0.5, 0.6) is 0 Å². The maximum absolute atomic E-state index is 10.7. The van der Waals surface area contributed by atoms with Gasteiger partial charge < -0.3 is 20.6 Å². The topological polar surface area (TPSA) is 108 Å².